The molecule has 7 nitrogen and oxygen atoms in total. The second kappa shape index (κ2) is 4.68. The van der Waals surface area contributed by atoms with Crippen LogP contribution in [0, 0.1) is 0 Å². The first kappa shape index (κ1) is 13.0. The van der Waals surface area contributed by atoms with Crippen molar-refractivity contribution in [2.45, 2.75) is 26.8 Å². The molecule has 2 heterocycles. The highest BCUT2D eigenvalue weighted by atomic mass is 16.4. The smallest absolute Gasteiger partial charge is 0.336 e. The molecule has 0 aliphatic carbocycles. The third-order valence-electron chi connectivity index (χ3n) is 2.91. The SMILES string of the molecule is CCc1cc(C(=O)O)c2c(=O)[nH]c(=O)n(CC)c2n1. The van der Waals surface area contributed by atoms with Gasteiger partial charge in [-0.15, -0.1) is 0 Å². The zero-order chi connectivity index (χ0) is 14.2. The summed E-state index contributed by atoms with van der Waals surface area (Å²) in [6.07, 6.45) is 0.515. The van der Waals surface area contributed by atoms with Crippen LogP contribution in [0.2, 0.25) is 0 Å². The van der Waals surface area contributed by atoms with E-state index in [1.807, 2.05) is 6.92 Å². The lowest BCUT2D eigenvalue weighted by molar-refractivity contribution is 0.0698. The summed E-state index contributed by atoms with van der Waals surface area (Å²) in [5.41, 5.74) is -0.801. The number of aryl methyl sites for hydroxylation is 2. The number of carboxylic acid groups (broad SMARTS) is 1. The Morgan fingerprint density at radius 1 is 1.42 bits per heavy atom. The lowest BCUT2D eigenvalue weighted by Gasteiger charge is -2.09. The number of nitrogens with one attached hydrogen (secondary N) is 1. The Kier molecular flexibility index (Phi) is 3.20. The zero-order valence-corrected chi connectivity index (χ0v) is 10.6. The fraction of sp³-hybridized carbons (Fsp3) is 0.333. The number of aromatic nitrogens is 3. The third-order valence-corrected chi connectivity index (χ3v) is 2.91. The molecule has 0 saturated heterocycles. The van der Waals surface area contributed by atoms with E-state index in [-0.39, 0.29) is 16.6 Å². The van der Waals surface area contributed by atoms with Crippen LogP contribution in [0.1, 0.15) is 29.9 Å². The molecule has 0 radical (unpaired) electrons. The second-order valence-corrected chi connectivity index (χ2v) is 4.02. The summed E-state index contributed by atoms with van der Waals surface area (Å²) in [6, 6.07) is 1.37. The summed E-state index contributed by atoms with van der Waals surface area (Å²) < 4.78 is 1.25. The normalized spacial score (nSPS) is 10.8. The highest BCUT2D eigenvalue weighted by Gasteiger charge is 2.17. The molecule has 0 fully saturated rings. The van der Waals surface area contributed by atoms with Gasteiger partial charge in [0.05, 0.1) is 10.9 Å². The van der Waals surface area contributed by atoms with Gasteiger partial charge in [-0.1, -0.05) is 6.92 Å². The van der Waals surface area contributed by atoms with Crippen LogP contribution in [-0.4, -0.2) is 25.6 Å². The van der Waals surface area contributed by atoms with Gasteiger partial charge in [-0.3, -0.25) is 14.3 Å². The minimum absolute atomic E-state index is 0.0637. The molecule has 2 rings (SSSR count). The average Bonchev–Trinajstić information content (AvgIpc) is 2.37. The van der Waals surface area contributed by atoms with E-state index in [0.29, 0.717) is 18.7 Å². The van der Waals surface area contributed by atoms with Crippen molar-refractivity contribution in [3.05, 3.63) is 38.2 Å². The molecular formula is C12H13N3O4. The van der Waals surface area contributed by atoms with Crippen LogP contribution in [0.4, 0.5) is 0 Å². The van der Waals surface area contributed by atoms with Crippen molar-refractivity contribution < 1.29 is 9.90 Å². The van der Waals surface area contributed by atoms with E-state index in [2.05, 4.69) is 9.97 Å². The summed E-state index contributed by atoms with van der Waals surface area (Å²) >= 11 is 0. The first-order valence-corrected chi connectivity index (χ1v) is 5.89. The minimum Gasteiger partial charge on any atom is -0.478 e. The van der Waals surface area contributed by atoms with Gasteiger partial charge in [-0.2, -0.15) is 0 Å². The van der Waals surface area contributed by atoms with Gasteiger partial charge in [0.2, 0.25) is 0 Å². The summed E-state index contributed by atoms with van der Waals surface area (Å²) in [5, 5.41) is 9.13. The lowest BCUT2D eigenvalue weighted by Crippen LogP contribution is -2.31. The van der Waals surface area contributed by atoms with Crippen molar-refractivity contribution in [3.8, 4) is 0 Å². The number of carboxylic acids is 1. The predicted octanol–water partition coefficient (Wildman–Crippen LogP) is 0.365. The Bertz CT molecular complexity index is 773. The van der Waals surface area contributed by atoms with Crippen LogP contribution < -0.4 is 11.2 Å². The molecule has 0 aliphatic heterocycles. The summed E-state index contributed by atoms with van der Waals surface area (Å²) in [6.45, 7) is 3.84. The number of aromatic amines is 1. The van der Waals surface area contributed by atoms with Crippen LogP contribution in [0.15, 0.2) is 15.7 Å². The number of hydrogen-bond donors (Lipinski definition) is 2. The Morgan fingerprint density at radius 3 is 2.63 bits per heavy atom. The second-order valence-electron chi connectivity index (χ2n) is 4.02. The van der Waals surface area contributed by atoms with Gasteiger partial charge in [0.25, 0.3) is 5.56 Å². The third kappa shape index (κ3) is 2.03. The van der Waals surface area contributed by atoms with Crippen molar-refractivity contribution >= 4 is 17.0 Å². The molecule has 0 saturated carbocycles. The van der Waals surface area contributed by atoms with Gasteiger partial charge in [0.15, 0.2) is 5.65 Å². The van der Waals surface area contributed by atoms with Gasteiger partial charge in [-0.05, 0) is 19.4 Å². The lowest BCUT2D eigenvalue weighted by atomic mass is 10.1. The number of H-pyrrole nitrogens is 1. The van der Waals surface area contributed by atoms with Crippen LogP contribution in [0.3, 0.4) is 0 Å². The fourth-order valence-electron chi connectivity index (χ4n) is 1.97. The molecule has 0 spiro atoms. The summed E-state index contributed by atoms with van der Waals surface area (Å²) in [4.78, 5) is 41.1. The molecule has 0 amide bonds. The Labute approximate surface area is 107 Å². The number of rotatable bonds is 3. The van der Waals surface area contributed by atoms with Crippen molar-refractivity contribution in [2.75, 3.05) is 0 Å². The molecule has 2 aromatic heterocycles. The number of nitrogens with zero attached hydrogens (tertiary/aromatic N) is 2. The molecule has 0 aliphatic rings. The van der Waals surface area contributed by atoms with Gasteiger partial charge in [0.1, 0.15) is 0 Å². The van der Waals surface area contributed by atoms with Crippen LogP contribution in [-0.2, 0) is 13.0 Å². The maximum atomic E-state index is 11.8. The van der Waals surface area contributed by atoms with Crippen molar-refractivity contribution in [1.29, 1.82) is 0 Å². The molecular weight excluding hydrogens is 250 g/mol. The Morgan fingerprint density at radius 2 is 2.11 bits per heavy atom. The van der Waals surface area contributed by atoms with Crippen LogP contribution >= 0.6 is 0 Å². The van der Waals surface area contributed by atoms with Crippen molar-refractivity contribution in [3.63, 3.8) is 0 Å². The van der Waals surface area contributed by atoms with Gasteiger partial charge < -0.3 is 5.11 Å². The van der Waals surface area contributed by atoms with E-state index < -0.39 is 17.2 Å². The minimum atomic E-state index is -1.21. The van der Waals surface area contributed by atoms with Gasteiger partial charge in [-0.25, -0.2) is 14.6 Å². The molecule has 2 N–H and O–H groups in total. The van der Waals surface area contributed by atoms with Crippen molar-refractivity contribution in [2.24, 2.45) is 0 Å². The van der Waals surface area contributed by atoms with E-state index in [0.717, 1.165) is 0 Å². The Hall–Kier alpha value is -2.44. The topological polar surface area (TPSA) is 105 Å². The molecule has 0 atom stereocenters. The molecule has 0 bridgehead atoms. The molecule has 2 aromatic rings. The first-order chi connectivity index (χ1) is 8.99. The van der Waals surface area contributed by atoms with Crippen LogP contribution in [0.5, 0.6) is 0 Å². The van der Waals surface area contributed by atoms with E-state index in [1.165, 1.54) is 10.6 Å². The molecule has 100 valence electrons. The Balaban J connectivity index is 3.09. The number of hydrogen-bond acceptors (Lipinski definition) is 4. The van der Waals surface area contributed by atoms with E-state index in [9.17, 15) is 19.5 Å². The van der Waals surface area contributed by atoms with Gasteiger partial charge in [0, 0.05) is 12.2 Å². The van der Waals surface area contributed by atoms with Gasteiger partial charge >= 0.3 is 11.7 Å². The highest BCUT2D eigenvalue weighted by Crippen LogP contribution is 2.14. The maximum Gasteiger partial charge on any atom is 0.336 e. The maximum absolute atomic E-state index is 11.8. The highest BCUT2D eigenvalue weighted by molar-refractivity contribution is 6.01. The fourth-order valence-corrected chi connectivity index (χ4v) is 1.97. The molecule has 0 unspecified atom stereocenters. The molecule has 0 aromatic carbocycles. The van der Waals surface area contributed by atoms with Crippen LogP contribution in [0.25, 0.3) is 11.0 Å². The molecule has 7 heteroatoms. The standard InChI is InChI=1S/C12H13N3O4/c1-3-6-5-7(11(17)18)8-9(13-6)15(4-2)12(19)14-10(8)16/h5H,3-4H2,1-2H3,(H,17,18)(H,14,16,19). The van der Waals surface area contributed by atoms with E-state index in [4.69, 9.17) is 0 Å². The number of aromatic carboxylic acids is 1. The zero-order valence-electron chi connectivity index (χ0n) is 10.6. The summed E-state index contributed by atoms with van der Waals surface area (Å²) in [7, 11) is 0. The van der Waals surface area contributed by atoms with E-state index in [1.54, 1.807) is 6.92 Å². The number of pyridine rings is 1. The average molecular weight is 263 g/mol. The number of fused-ring (bicyclic) bond motifs is 1. The predicted molar refractivity (Wildman–Crippen MR) is 68.6 cm³/mol. The first-order valence-electron chi connectivity index (χ1n) is 5.89. The number of carbonyl (C=O) groups is 1. The molecule has 19 heavy (non-hydrogen) atoms. The summed E-state index contributed by atoms with van der Waals surface area (Å²) in [5.74, 6) is -1.21. The largest absolute Gasteiger partial charge is 0.478 e. The van der Waals surface area contributed by atoms with E-state index >= 15 is 0 Å². The monoisotopic (exact) mass is 263 g/mol. The van der Waals surface area contributed by atoms with Crippen molar-refractivity contribution in [1.82, 2.24) is 14.5 Å². The quantitative estimate of drug-likeness (QED) is 0.832.